The van der Waals surface area contributed by atoms with E-state index in [1.807, 2.05) is 6.92 Å². The summed E-state index contributed by atoms with van der Waals surface area (Å²) in [5, 5.41) is 12.7. The van der Waals surface area contributed by atoms with E-state index in [0.29, 0.717) is 11.4 Å². The Hall–Kier alpha value is -2.72. The molecule has 9 heteroatoms. The molecule has 1 aliphatic rings. The Bertz CT molecular complexity index is 1000. The number of aliphatic hydroxyl groups excluding tert-OH is 1. The summed E-state index contributed by atoms with van der Waals surface area (Å²) < 4.78 is 41.1. The highest BCUT2D eigenvalue weighted by Gasteiger charge is 2.29. The molecular weight excluding hydrogens is 410 g/mol. The standard InChI is InChI=1S/C21H23NO7S/c1-14-3-9-18(10-4-14)30(25,26)27-13-20-19(24)11-12-21(29-20)28-17-7-5-16(6-8-17)22-15(2)23/h3-12,19-21,24H,13H2,1-2H3,(H,22,23)/t19-,20?,21-/m0/s1. The molecule has 2 aromatic carbocycles. The van der Waals surface area contributed by atoms with Crippen molar-refractivity contribution in [3.8, 4) is 5.75 Å². The number of aryl methyl sites for hydroxylation is 1. The van der Waals surface area contributed by atoms with Gasteiger partial charge in [-0.1, -0.05) is 23.8 Å². The lowest BCUT2D eigenvalue weighted by molar-refractivity contribution is -0.139. The minimum absolute atomic E-state index is 0.0287. The van der Waals surface area contributed by atoms with Crippen LogP contribution in [0.25, 0.3) is 0 Å². The molecule has 0 fully saturated rings. The van der Waals surface area contributed by atoms with Gasteiger partial charge in [-0.15, -0.1) is 0 Å². The van der Waals surface area contributed by atoms with E-state index in [4.69, 9.17) is 13.7 Å². The molecule has 1 aliphatic heterocycles. The lowest BCUT2D eigenvalue weighted by Crippen LogP contribution is -2.41. The zero-order valence-electron chi connectivity index (χ0n) is 16.5. The molecule has 1 heterocycles. The number of nitrogens with one attached hydrogen (secondary N) is 1. The summed E-state index contributed by atoms with van der Waals surface area (Å²) in [4.78, 5) is 11.1. The number of carbonyl (C=O) groups is 1. The van der Waals surface area contributed by atoms with Crippen LogP contribution in [-0.4, -0.2) is 44.5 Å². The van der Waals surface area contributed by atoms with Crippen LogP contribution in [0.4, 0.5) is 5.69 Å². The topological polar surface area (TPSA) is 111 Å². The normalized spacial score (nSPS) is 21.2. The molecular formula is C21H23NO7S. The fraction of sp³-hybridized carbons (Fsp3) is 0.286. The zero-order chi connectivity index (χ0) is 21.7. The first-order valence-corrected chi connectivity index (χ1v) is 10.7. The largest absolute Gasteiger partial charge is 0.461 e. The molecule has 1 amide bonds. The Kier molecular flexibility index (Phi) is 6.88. The Balaban J connectivity index is 1.59. The van der Waals surface area contributed by atoms with E-state index in [1.165, 1.54) is 31.2 Å². The molecule has 3 rings (SSSR count). The third-order valence-electron chi connectivity index (χ3n) is 4.28. The van der Waals surface area contributed by atoms with Gasteiger partial charge in [-0.25, -0.2) is 0 Å². The summed E-state index contributed by atoms with van der Waals surface area (Å²) in [6.45, 7) is 2.89. The van der Waals surface area contributed by atoms with E-state index in [2.05, 4.69) is 5.32 Å². The quantitative estimate of drug-likeness (QED) is 0.509. The van der Waals surface area contributed by atoms with E-state index >= 15 is 0 Å². The van der Waals surface area contributed by atoms with Gasteiger partial charge in [0.15, 0.2) is 0 Å². The monoisotopic (exact) mass is 433 g/mol. The third-order valence-corrected chi connectivity index (χ3v) is 5.58. The van der Waals surface area contributed by atoms with Gasteiger partial charge < -0.3 is 19.9 Å². The lowest BCUT2D eigenvalue weighted by atomic mass is 10.1. The molecule has 8 nitrogen and oxygen atoms in total. The van der Waals surface area contributed by atoms with Gasteiger partial charge in [0.2, 0.25) is 12.2 Å². The van der Waals surface area contributed by atoms with Crippen LogP contribution in [0.15, 0.2) is 65.6 Å². The fourth-order valence-corrected chi connectivity index (χ4v) is 3.63. The molecule has 0 spiro atoms. The summed E-state index contributed by atoms with van der Waals surface area (Å²) in [5.74, 6) is 0.293. The van der Waals surface area contributed by atoms with Gasteiger partial charge in [0, 0.05) is 12.6 Å². The minimum atomic E-state index is -3.98. The summed E-state index contributed by atoms with van der Waals surface area (Å²) in [6, 6.07) is 12.9. The van der Waals surface area contributed by atoms with E-state index in [1.54, 1.807) is 36.4 Å². The zero-order valence-corrected chi connectivity index (χ0v) is 17.3. The summed E-state index contributed by atoms with van der Waals surface area (Å²) in [6.07, 6.45) is 0.179. The first kappa shape index (κ1) is 22.0. The number of hydrogen-bond donors (Lipinski definition) is 2. The predicted octanol–water partition coefficient (Wildman–Crippen LogP) is 2.38. The number of ether oxygens (including phenoxy) is 2. The number of hydrogen-bond acceptors (Lipinski definition) is 7. The van der Waals surface area contributed by atoms with Gasteiger partial charge in [-0.05, 0) is 49.4 Å². The lowest BCUT2D eigenvalue weighted by Gasteiger charge is -2.29. The van der Waals surface area contributed by atoms with Gasteiger partial charge in [0.25, 0.3) is 10.1 Å². The maximum atomic E-state index is 12.3. The van der Waals surface area contributed by atoms with Crippen molar-refractivity contribution in [3.63, 3.8) is 0 Å². The van der Waals surface area contributed by atoms with Crippen LogP contribution in [0.5, 0.6) is 5.75 Å². The van der Waals surface area contributed by atoms with Crippen LogP contribution in [0, 0.1) is 6.92 Å². The van der Waals surface area contributed by atoms with Crippen LogP contribution in [0.2, 0.25) is 0 Å². The van der Waals surface area contributed by atoms with Crippen molar-refractivity contribution >= 4 is 21.7 Å². The average Bonchev–Trinajstić information content (AvgIpc) is 2.70. The number of aliphatic hydroxyl groups is 1. The van der Waals surface area contributed by atoms with Crippen LogP contribution in [-0.2, 0) is 23.8 Å². The fourth-order valence-electron chi connectivity index (χ4n) is 2.72. The SMILES string of the molecule is CC(=O)Nc1ccc(O[C@@H]2C=C[C@H](O)C(COS(=O)(=O)c3ccc(C)cc3)O2)cc1. The molecule has 160 valence electrons. The number of carbonyl (C=O) groups excluding carboxylic acids is 1. The van der Waals surface area contributed by atoms with Gasteiger partial charge in [0.1, 0.15) is 18.0 Å². The second-order valence-corrected chi connectivity index (χ2v) is 8.41. The van der Waals surface area contributed by atoms with Crippen LogP contribution < -0.4 is 10.1 Å². The van der Waals surface area contributed by atoms with Gasteiger partial charge in [0.05, 0.1) is 11.5 Å². The molecule has 30 heavy (non-hydrogen) atoms. The molecule has 0 saturated carbocycles. The van der Waals surface area contributed by atoms with E-state index in [9.17, 15) is 18.3 Å². The van der Waals surface area contributed by atoms with Crippen LogP contribution in [0.1, 0.15) is 12.5 Å². The second kappa shape index (κ2) is 9.40. The summed E-state index contributed by atoms with van der Waals surface area (Å²) in [7, 11) is -3.98. The van der Waals surface area contributed by atoms with Gasteiger partial charge in [-0.3, -0.25) is 8.98 Å². The van der Waals surface area contributed by atoms with Crippen molar-refractivity contribution in [2.45, 2.75) is 37.2 Å². The predicted molar refractivity (Wildman–Crippen MR) is 109 cm³/mol. The van der Waals surface area contributed by atoms with E-state index in [0.717, 1.165) is 5.56 Å². The number of anilines is 1. The molecule has 0 radical (unpaired) electrons. The maximum absolute atomic E-state index is 12.3. The first-order chi connectivity index (χ1) is 14.2. The molecule has 0 saturated heterocycles. The Labute approximate surface area is 175 Å². The molecule has 0 bridgehead atoms. The first-order valence-electron chi connectivity index (χ1n) is 9.25. The second-order valence-electron chi connectivity index (χ2n) is 6.79. The highest BCUT2D eigenvalue weighted by Crippen LogP contribution is 2.22. The van der Waals surface area contributed by atoms with Gasteiger partial charge in [-0.2, -0.15) is 8.42 Å². The molecule has 0 aliphatic carbocycles. The van der Waals surface area contributed by atoms with Crippen molar-refractivity contribution < 1.29 is 32.0 Å². The van der Waals surface area contributed by atoms with Crippen molar-refractivity contribution in [2.24, 2.45) is 0 Å². The number of benzene rings is 2. The maximum Gasteiger partial charge on any atom is 0.297 e. The van der Waals surface area contributed by atoms with Crippen LogP contribution in [0.3, 0.4) is 0 Å². The summed E-state index contributed by atoms with van der Waals surface area (Å²) >= 11 is 0. The smallest absolute Gasteiger partial charge is 0.297 e. The molecule has 2 N–H and O–H groups in total. The highest BCUT2D eigenvalue weighted by atomic mass is 32.2. The minimum Gasteiger partial charge on any atom is -0.461 e. The third kappa shape index (κ3) is 5.90. The number of rotatable bonds is 7. The Morgan fingerprint density at radius 3 is 2.40 bits per heavy atom. The Morgan fingerprint density at radius 2 is 1.77 bits per heavy atom. The molecule has 0 aromatic heterocycles. The average molecular weight is 433 g/mol. The molecule has 1 unspecified atom stereocenters. The van der Waals surface area contributed by atoms with E-state index in [-0.39, 0.29) is 17.4 Å². The molecule has 2 aromatic rings. The number of amides is 1. The van der Waals surface area contributed by atoms with Crippen LogP contribution >= 0.6 is 0 Å². The Morgan fingerprint density at radius 1 is 1.10 bits per heavy atom. The van der Waals surface area contributed by atoms with Crippen molar-refractivity contribution in [1.29, 1.82) is 0 Å². The molecule has 3 atom stereocenters. The summed E-state index contributed by atoms with van der Waals surface area (Å²) in [5.41, 5.74) is 1.55. The van der Waals surface area contributed by atoms with Crippen molar-refractivity contribution in [2.75, 3.05) is 11.9 Å². The van der Waals surface area contributed by atoms with E-state index < -0.39 is 28.6 Å². The highest BCUT2D eigenvalue weighted by molar-refractivity contribution is 7.86. The van der Waals surface area contributed by atoms with Crippen molar-refractivity contribution in [3.05, 3.63) is 66.2 Å². The van der Waals surface area contributed by atoms with Crippen molar-refractivity contribution in [1.82, 2.24) is 0 Å². The van der Waals surface area contributed by atoms with Gasteiger partial charge >= 0.3 is 0 Å².